The minimum atomic E-state index is 0.0760. The molecule has 1 rings (SSSR count). The van der Waals surface area contributed by atoms with Crippen molar-refractivity contribution in [1.29, 1.82) is 0 Å². The summed E-state index contributed by atoms with van der Waals surface area (Å²) in [4.78, 5) is 13.8. The third-order valence-corrected chi connectivity index (χ3v) is 3.16. The zero-order valence-electron chi connectivity index (χ0n) is 12.0. The van der Waals surface area contributed by atoms with Gasteiger partial charge in [-0.15, -0.1) is 0 Å². The molecule has 0 aliphatic carbocycles. The number of nitrogens with zero attached hydrogens (tertiary/aromatic N) is 1. The molecule has 19 heavy (non-hydrogen) atoms. The molecule has 6 heteroatoms. The summed E-state index contributed by atoms with van der Waals surface area (Å²) in [6, 6.07) is 0. The number of carbonyl (C=O) groups excluding carboxylic acids is 1. The van der Waals surface area contributed by atoms with Crippen LogP contribution >= 0.6 is 0 Å². The van der Waals surface area contributed by atoms with Gasteiger partial charge in [0.05, 0.1) is 25.9 Å². The number of amides is 1. The van der Waals surface area contributed by atoms with Crippen LogP contribution in [0.15, 0.2) is 0 Å². The minimum absolute atomic E-state index is 0.0760. The number of nitrogens with one attached hydrogen (secondary N) is 1. The first-order valence-corrected chi connectivity index (χ1v) is 6.86. The van der Waals surface area contributed by atoms with Crippen molar-refractivity contribution in [2.24, 2.45) is 0 Å². The second-order valence-electron chi connectivity index (χ2n) is 4.63. The first-order chi connectivity index (χ1) is 9.27. The van der Waals surface area contributed by atoms with E-state index in [4.69, 9.17) is 14.2 Å². The summed E-state index contributed by atoms with van der Waals surface area (Å²) >= 11 is 0. The van der Waals surface area contributed by atoms with Gasteiger partial charge in [-0.25, -0.2) is 0 Å². The van der Waals surface area contributed by atoms with E-state index in [0.717, 1.165) is 26.0 Å². The molecule has 112 valence electrons. The van der Waals surface area contributed by atoms with Gasteiger partial charge in [0.25, 0.3) is 0 Å². The molecule has 0 saturated carbocycles. The first-order valence-electron chi connectivity index (χ1n) is 6.86. The first kappa shape index (κ1) is 16.4. The second kappa shape index (κ2) is 10.1. The van der Waals surface area contributed by atoms with E-state index in [1.165, 1.54) is 0 Å². The predicted octanol–water partition coefficient (Wildman–Crippen LogP) is -0.124. The average Bonchev–Trinajstić information content (AvgIpc) is 2.92. The number of hydrogen-bond donors (Lipinski definition) is 1. The quantitative estimate of drug-likeness (QED) is 0.602. The molecule has 0 aromatic rings. The largest absolute Gasteiger partial charge is 0.383 e. The van der Waals surface area contributed by atoms with Crippen molar-refractivity contribution in [1.82, 2.24) is 10.2 Å². The highest BCUT2D eigenvalue weighted by Gasteiger charge is 2.17. The van der Waals surface area contributed by atoms with Gasteiger partial charge in [-0.05, 0) is 12.8 Å². The zero-order chi connectivity index (χ0) is 13.9. The Labute approximate surface area is 115 Å². The lowest BCUT2D eigenvalue weighted by atomic mass is 10.2. The van der Waals surface area contributed by atoms with Crippen LogP contribution in [-0.4, -0.2) is 77.1 Å². The summed E-state index contributed by atoms with van der Waals surface area (Å²) < 4.78 is 15.5. The lowest BCUT2D eigenvalue weighted by Crippen LogP contribution is -2.43. The van der Waals surface area contributed by atoms with Gasteiger partial charge in [0.2, 0.25) is 5.91 Å². The van der Waals surface area contributed by atoms with Crippen LogP contribution in [0.3, 0.4) is 0 Å². The highest BCUT2D eigenvalue weighted by molar-refractivity contribution is 5.78. The van der Waals surface area contributed by atoms with Crippen LogP contribution in [0.5, 0.6) is 0 Å². The van der Waals surface area contributed by atoms with Crippen molar-refractivity contribution in [2.75, 3.05) is 60.2 Å². The van der Waals surface area contributed by atoms with Gasteiger partial charge in [-0.2, -0.15) is 0 Å². The average molecular weight is 274 g/mol. The van der Waals surface area contributed by atoms with Crippen LogP contribution in [0.1, 0.15) is 12.8 Å². The number of ether oxygens (including phenoxy) is 3. The number of rotatable bonds is 10. The Morgan fingerprint density at radius 1 is 1.32 bits per heavy atom. The van der Waals surface area contributed by atoms with E-state index in [1.807, 2.05) is 0 Å². The Kier molecular flexibility index (Phi) is 8.73. The Hall–Kier alpha value is -0.690. The molecule has 1 N–H and O–H groups in total. The molecule has 0 spiro atoms. The maximum Gasteiger partial charge on any atom is 0.236 e. The van der Waals surface area contributed by atoms with Crippen molar-refractivity contribution in [3.05, 3.63) is 0 Å². The highest BCUT2D eigenvalue weighted by atomic mass is 16.5. The summed E-state index contributed by atoms with van der Waals surface area (Å²) in [5, 5.41) is 3.16. The van der Waals surface area contributed by atoms with Gasteiger partial charge in [0.1, 0.15) is 0 Å². The number of methoxy groups -OCH3 is 2. The molecule has 0 bridgehead atoms. The molecule has 1 unspecified atom stereocenters. The Bertz CT molecular complexity index is 237. The molecular formula is C13H26N2O4. The Morgan fingerprint density at radius 2 is 2.00 bits per heavy atom. The third kappa shape index (κ3) is 6.87. The van der Waals surface area contributed by atoms with E-state index in [1.54, 1.807) is 19.1 Å². The standard InChI is InChI=1S/C13H26N2O4/c1-17-8-5-15(6-9-18-2)13(16)11-14-10-12-4-3-7-19-12/h12,14H,3-11H2,1-2H3. The molecule has 0 aromatic carbocycles. The summed E-state index contributed by atoms with van der Waals surface area (Å²) in [7, 11) is 3.27. The smallest absolute Gasteiger partial charge is 0.236 e. The van der Waals surface area contributed by atoms with Crippen LogP contribution in [0.2, 0.25) is 0 Å². The fourth-order valence-electron chi connectivity index (χ4n) is 2.02. The van der Waals surface area contributed by atoms with Crippen molar-refractivity contribution < 1.29 is 19.0 Å². The lowest BCUT2D eigenvalue weighted by Gasteiger charge is -2.22. The Morgan fingerprint density at radius 3 is 2.53 bits per heavy atom. The van der Waals surface area contributed by atoms with E-state index in [9.17, 15) is 4.79 Å². The molecule has 1 aliphatic heterocycles. The topological polar surface area (TPSA) is 60.0 Å². The maximum atomic E-state index is 12.0. The van der Waals surface area contributed by atoms with Crippen molar-refractivity contribution >= 4 is 5.91 Å². The van der Waals surface area contributed by atoms with Gasteiger partial charge < -0.3 is 24.4 Å². The van der Waals surface area contributed by atoms with Crippen LogP contribution in [0.4, 0.5) is 0 Å². The molecular weight excluding hydrogens is 248 g/mol. The van der Waals surface area contributed by atoms with Crippen molar-refractivity contribution in [3.63, 3.8) is 0 Å². The van der Waals surface area contributed by atoms with E-state index >= 15 is 0 Å². The predicted molar refractivity (Wildman–Crippen MR) is 72.2 cm³/mol. The lowest BCUT2D eigenvalue weighted by molar-refractivity contribution is -0.131. The van der Waals surface area contributed by atoms with E-state index in [-0.39, 0.29) is 12.0 Å². The van der Waals surface area contributed by atoms with Crippen LogP contribution in [0, 0.1) is 0 Å². The summed E-state index contributed by atoms with van der Waals surface area (Å²) in [5.74, 6) is 0.0760. The summed E-state index contributed by atoms with van der Waals surface area (Å²) in [5.41, 5.74) is 0. The van der Waals surface area contributed by atoms with Crippen LogP contribution in [-0.2, 0) is 19.0 Å². The molecule has 1 heterocycles. The zero-order valence-corrected chi connectivity index (χ0v) is 12.0. The van der Waals surface area contributed by atoms with E-state index in [2.05, 4.69) is 5.32 Å². The minimum Gasteiger partial charge on any atom is -0.383 e. The van der Waals surface area contributed by atoms with Gasteiger partial charge in [0, 0.05) is 40.5 Å². The molecule has 0 radical (unpaired) electrons. The second-order valence-corrected chi connectivity index (χ2v) is 4.63. The molecule has 0 aromatic heterocycles. The maximum absolute atomic E-state index is 12.0. The van der Waals surface area contributed by atoms with Gasteiger partial charge in [0.15, 0.2) is 0 Å². The van der Waals surface area contributed by atoms with Crippen molar-refractivity contribution in [2.45, 2.75) is 18.9 Å². The van der Waals surface area contributed by atoms with Gasteiger partial charge in [-0.3, -0.25) is 4.79 Å². The molecule has 1 atom stereocenters. The fourth-order valence-corrected chi connectivity index (χ4v) is 2.02. The van der Waals surface area contributed by atoms with Crippen molar-refractivity contribution in [3.8, 4) is 0 Å². The Balaban J connectivity index is 2.20. The molecule has 1 saturated heterocycles. The summed E-state index contributed by atoms with van der Waals surface area (Å²) in [6.45, 7) is 4.21. The highest BCUT2D eigenvalue weighted by Crippen LogP contribution is 2.10. The van der Waals surface area contributed by atoms with E-state index < -0.39 is 0 Å². The molecule has 1 fully saturated rings. The molecule has 1 aliphatic rings. The number of hydrogen-bond acceptors (Lipinski definition) is 5. The van der Waals surface area contributed by atoms with Gasteiger partial charge in [-0.1, -0.05) is 0 Å². The monoisotopic (exact) mass is 274 g/mol. The fraction of sp³-hybridized carbons (Fsp3) is 0.923. The van der Waals surface area contributed by atoms with Gasteiger partial charge >= 0.3 is 0 Å². The normalized spacial score (nSPS) is 18.7. The third-order valence-electron chi connectivity index (χ3n) is 3.16. The molecule has 1 amide bonds. The molecule has 6 nitrogen and oxygen atoms in total. The summed E-state index contributed by atoms with van der Waals surface area (Å²) in [6.07, 6.45) is 2.46. The van der Waals surface area contributed by atoms with Crippen LogP contribution < -0.4 is 5.32 Å². The van der Waals surface area contributed by atoms with Crippen LogP contribution in [0.25, 0.3) is 0 Å². The van der Waals surface area contributed by atoms with E-state index in [0.29, 0.717) is 32.8 Å². The number of carbonyl (C=O) groups is 1. The SMILES string of the molecule is COCCN(CCOC)C(=O)CNCC1CCCO1.